The van der Waals surface area contributed by atoms with Gasteiger partial charge in [0.05, 0.1) is 6.10 Å². The molecule has 0 spiro atoms. The summed E-state index contributed by atoms with van der Waals surface area (Å²) in [5, 5.41) is 2.88. The number of carbonyl (C=O) groups is 1. The summed E-state index contributed by atoms with van der Waals surface area (Å²) in [5.41, 5.74) is 7.57. The van der Waals surface area contributed by atoms with Gasteiger partial charge < -0.3 is 15.8 Å². The van der Waals surface area contributed by atoms with Crippen molar-refractivity contribution in [1.29, 1.82) is 0 Å². The van der Waals surface area contributed by atoms with Crippen LogP contribution in [-0.4, -0.2) is 13.0 Å². The molecule has 0 bridgehead atoms. The lowest BCUT2D eigenvalue weighted by molar-refractivity contribution is -0.120. The lowest BCUT2D eigenvalue weighted by Gasteiger charge is -2.24. The maximum Gasteiger partial charge on any atom is 0.248 e. The number of hydrogen-bond acceptors (Lipinski definition) is 3. The lowest BCUT2D eigenvalue weighted by atomic mass is 9.92. The minimum absolute atomic E-state index is 0.0393. The van der Waals surface area contributed by atoms with Crippen molar-refractivity contribution < 1.29 is 9.53 Å². The Bertz CT molecular complexity index is 684. The van der Waals surface area contributed by atoms with E-state index in [2.05, 4.69) is 21.2 Å². The van der Waals surface area contributed by atoms with Crippen LogP contribution in [0.15, 0.2) is 53.0 Å². The van der Waals surface area contributed by atoms with Gasteiger partial charge in [0.1, 0.15) is 5.54 Å². The Kier molecular flexibility index (Phi) is 5.57. The number of amides is 1. The van der Waals surface area contributed by atoms with Crippen molar-refractivity contribution in [2.24, 2.45) is 5.73 Å². The van der Waals surface area contributed by atoms with Crippen LogP contribution >= 0.6 is 15.9 Å². The first-order valence-electron chi connectivity index (χ1n) is 7.33. The van der Waals surface area contributed by atoms with Crippen LogP contribution in [-0.2, 0) is 15.1 Å². The Labute approximate surface area is 145 Å². The predicted octanol–water partition coefficient (Wildman–Crippen LogP) is 3.97. The molecule has 0 aliphatic heterocycles. The van der Waals surface area contributed by atoms with Crippen LogP contribution in [0.5, 0.6) is 0 Å². The number of halogens is 1. The van der Waals surface area contributed by atoms with Crippen LogP contribution in [0.1, 0.15) is 31.1 Å². The lowest BCUT2D eigenvalue weighted by Crippen LogP contribution is -2.45. The zero-order valence-electron chi connectivity index (χ0n) is 13.5. The second-order valence-electron chi connectivity index (χ2n) is 5.67. The third-order valence-electron chi connectivity index (χ3n) is 3.88. The molecule has 3 N–H and O–H groups in total. The molecule has 122 valence electrons. The Balaban J connectivity index is 2.19. The summed E-state index contributed by atoms with van der Waals surface area (Å²) < 4.78 is 6.25. The van der Waals surface area contributed by atoms with E-state index in [1.54, 1.807) is 14.0 Å². The molecule has 5 heteroatoms. The number of rotatable bonds is 5. The van der Waals surface area contributed by atoms with Crippen LogP contribution in [0, 0.1) is 0 Å². The van der Waals surface area contributed by atoms with Crippen molar-refractivity contribution in [2.45, 2.75) is 25.5 Å². The number of nitrogens with two attached hydrogens (primary N) is 1. The molecule has 1 amide bonds. The fourth-order valence-corrected chi connectivity index (χ4v) is 2.46. The molecule has 2 aromatic carbocycles. The van der Waals surface area contributed by atoms with E-state index in [9.17, 15) is 4.79 Å². The van der Waals surface area contributed by atoms with E-state index in [0.29, 0.717) is 5.69 Å². The third kappa shape index (κ3) is 4.19. The SMILES string of the molecule is COC(C)c1cccc(NC(=O)C(C)(N)c2ccc(Br)cc2)c1. The van der Waals surface area contributed by atoms with Crippen molar-refractivity contribution in [3.05, 3.63) is 64.1 Å². The van der Waals surface area contributed by atoms with Gasteiger partial charge in [-0.1, -0.05) is 40.2 Å². The Hall–Kier alpha value is -1.69. The smallest absolute Gasteiger partial charge is 0.248 e. The number of ether oxygens (including phenoxy) is 1. The van der Waals surface area contributed by atoms with Gasteiger partial charge in [0.2, 0.25) is 5.91 Å². The van der Waals surface area contributed by atoms with Crippen LogP contribution in [0.2, 0.25) is 0 Å². The highest BCUT2D eigenvalue weighted by Gasteiger charge is 2.30. The number of carbonyl (C=O) groups excluding carboxylic acids is 1. The molecule has 0 aromatic heterocycles. The summed E-state index contributed by atoms with van der Waals surface area (Å²) in [6.45, 7) is 3.66. The van der Waals surface area contributed by atoms with Gasteiger partial charge in [0.15, 0.2) is 0 Å². The molecule has 0 saturated carbocycles. The number of hydrogen-bond donors (Lipinski definition) is 2. The van der Waals surface area contributed by atoms with Crippen LogP contribution < -0.4 is 11.1 Å². The summed E-state index contributed by atoms with van der Waals surface area (Å²) in [6.07, 6.45) is -0.0393. The third-order valence-corrected chi connectivity index (χ3v) is 4.41. The van der Waals surface area contributed by atoms with E-state index in [-0.39, 0.29) is 12.0 Å². The highest BCUT2D eigenvalue weighted by atomic mass is 79.9. The maximum absolute atomic E-state index is 12.6. The molecule has 4 nitrogen and oxygen atoms in total. The summed E-state index contributed by atoms with van der Waals surface area (Å²) in [5.74, 6) is -0.262. The van der Waals surface area contributed by atoms with E-state index < -0.39 is 5.54 Å². The average molecular weight is 377 g/mol. The molecule has 0 fully saturated rings. The number of anilines is 1. The molecule has 2 rings (SSSR count). The highest BCUT2D eigenvalue weighted by molar-refractivity contribution is 9.10. The summed E-state index contributed by atoms with van der Waals surface area (Å²) >= 11 is 3.38. The molecule has 0 saturated heterocycles. The van der Waals surface area contributed by atoms with E-state index in [1.807, 2.05) is 55.5 Å². The normalized spacial score (nSPS) is 14.8. The zero-order chi connectivity index (χ0) is 17.0. The van der Waals surface area contributed by atoms with Gasteiger partial charge in [-0.2, -0.15) is 0 Å². The predicted molar refractivity (Wildman–Crippen MR) is 96.2 cm³/mol. The van der Waals surface area contributed by atoms with Gasteiger partial charge in [0, 0.05) is 17.3 Å². The largest absolute Gasteiger partial charge is 0.377 e. The van der Waals surface area contributed by atoms with E-state index in [1.165, 1.54) is 0 Å². The van der Waals surface area contributed by atoms with Crippen molar-refractivity contribution >= 4 is 27.5 Å². The van der Waals surface area contributed by atoms with Crippen molar-refractivity contribution in [3.63, 3.8) is 0 Å². The minimum atomic E-state index is -1.12. The number of benzene rings is 2. The molecule has 0 radical (unpaired) electrons. The number of methoxy groups -OCH3 is 1. The van der Waals surface area contributed by atoms with Crippen LogP contribution in [0.3, 0.4) is 0 Å². The molecular formula is C18H21BrN2O2. The minimum Gasteiger partial charge on any atom is -0.377 e. The Morgan fingerprint density at radius 1 is 1.26 bits per heavy atom. The molecular weight excluding hydrogens is 356 g/mol. The monoisotopic (exact) mass is 376 g/mol. The van der Waals surface area contributed by atoms with Gasteiger partial charge >= 0.3 is 0 Å². The highest BCUT2D eigenvalue weighted by Crippen LogP contribution is 2.24. The Morgan fingerprint density at radius 3 is 2.52 bits per heavy atom. The van der Waals surface area contributed by atoms with Gasteiger partial charge in [-0.15, -0.1) is 0 Å². The second-order valence-corrected chi connectivity index (χ2v) is 6.58. The van der Waals surface area contributed by atoms with Crippen molar-refractivity contribution in [3.8, 4) is 0 Å². The topological polar surface area (TPSA) is 64.3 Å². The summed E-state index contributed by atoms with van der Waals surface area (Å²) in [6, 6.07) is 15.0. The van der Waals surface area contributed by atoms with Crippen molar-refractivity contribution in [2.75, 3.05) is 12.4 Å². The molecule has 2 unspecified atom stereocenters. The molecule has 2 aromatic rings. The van der Waals surface area contributed by atoms with Crippen molar-refractivity contribution in [1.82, 2.24) is 0 Å². The first kappa shape index (κ1) is 17.7. The van der Waals surface area contributed by atoms with E-state index in [0.717, 1.165) is 15.6 Å². The molecule has 23 heavy (non-hydrogen) atoms. The van der Waals surface area contributed by atoms with Gasteiger partial charge in [-0.3, -0.25) is 4.79 Å². The van der Waals surface area contributed by atoms with E-state index in [4.69, 9.17) is 10.5 Å². The summed E-state index contributed by atoms with van der Waals surface area (Å²) in [7, 11) is 1.65. The van der Waals surface area contributed by atoms with E-state index >= 15 is 0 Å². The second kappa shape index (κ2) is 7.25. The fraction of sp³-hybridized carbons (Fsp3) is 0.278. The maximum atomic E-state index is 12.6. The van der Waals surface area contributed by atoms with Gasteiger partial charge in [-0.25, -0.2) is 0 Å². The first-order chi connectivity index (χ1) is 10.8. The average Bonchev–Trinajstić information content (AvgIpc) is 2.54. The number of nitrogens with one attached hydrogen (secondary N) is 1. The van der Waals surface area contributed by atoms with Gasteiger partial charge in [-0.05, 0) is 49.2 Å². The molecule has 0 aliphatic rings. The molecule has 0 heterocycles. The standard InChI is InChI=1S/C18H21BrN2O2/c1-12(23-3)13-5-4-6-16(11-13)21-17(22)18(2,20)14-7-9-15(19)10-8-14/h4-12H,20H2,1-3H3,(H,21,22). The quantitative estimate of drug-likeness (QED) is 0.829. The summed E-state index contributed by atoms with van der Waals surface area (Å²) in [4.78, 5) is 12.6. The molecule has 0 aliphatic carbocycles. The first-order valence-corrected chi connectivity index (χ1v) is 8.13. The fourth-order valence-electron chi connectivity index (χ4n) is 2.19. The zero-order valence-corrected chi connectivity index (χ0v) is 15.1. The van der Waals surface area contributed by atoms with Crippen LogP contribution in [0.4, 0.5) is 5.69 Å². The molecule has 2 atom stereocenters. The van der Waals surface area contributed by atoms with Crippen LogP contribution in [0.25, 0.3) is 0 Å². The van der Waals surface area contributed by atoms with Gasteiger partial charge in [0.25, 0.3) is 0 Å². The Morgan fingerprint density at radius 2 is 1.91 bits per heavy atom.